The molecule has 4 rings (SSSR count). The van der Waals surface area contributed by atoms with Crippen molar-refractivity contribution in [2.45, 2.75) is 58.0 Å². The Hall–Kier alpha value is -2.58. The summed E-state index contributed by atoms with van der Waals surface area (Å²) in [7, 11) is 2.80. The summed E-state index contributed by atoms with van der Waals surface area (Å²) in [6.07, 6.45) is 12.3. The molecule has 0 atom stereocenters. The van der Waals surface area contributed by atoms with Gasteiger partial charge in [-0.3, -0.25) is 9.78 Å². The molecule has 0 aromatic carbocycles. The number of rotatable bonds is 2. The standard InChI is InChI=1S/C15H17N5O2.C6H12.CH4O/c1-15(2,22)11-5-4-9(6-16-11)10-7-17-13-14(18-10)20(3)8-12(21)19-13;1-2-4-6-5-3-1;1-2/h4-7,22H,8H2,1-3H3,(H,17,19,21);1-6H2;2H,1H3. The van der Waals surface area contributed by atoms with Crippen LogP contribution < -0.4 is 10.2 Å². The van der Waals surface area contributed by atoms with Crippen molar-refractivity contribution in [3.8, 4) is 11.3 Å². The first kappa shape index (κ1) is 23.7. The van der Waals surface area contributed by atoms with Crippen molar-refractivity contribution in [3.05, 3.63) is 30.2 Å². The number of amides is 1. The van der Waals surface area contributed by atoms with Crippen molar-refractivity contribution in [1.82, 2.24) is 15.0 Å². The van der Waals surface area contributed by atoms with Gasteiger partial charge >= 0.3 is 0 Å². The highest BCUT2D eigenvalue weighted by atomic mass is 16.3. The van der Waals surface area contributed by atoms with E-state index >= 15 is 0 Å². The molecule has 1 aliphatic heterocycles. The summed E-state index contributed by atoms with van der Waals surface area (Å²) in [6, 6.07) is 3.61. The maximum atomic E-state index is 11.5. The Balaban J connectivity index is 0.000000340. The van der Waals surface area contributed by atoms with Crippen molar-refractivity contribution < 1.29 is 15.0 Å². The predicted molar refractivity (Wildman–Crippen MR) is 118 cm³/mol. The first-order valence-electron chi connectivity index (χ1n) is 10.4. The summed E-state index contributed by atoms with van der Waals surface area (Å²) in [4.78, 5) is 26.3. The van der Waals surface area contributed by atoms with Gasteiger partial charge in [-0.05, 0) is 26.0 Å². The number of carbonyl (C=O) groups is 1. The van der Waals surface area contributed by atoms with Crippen molar-refractivity contribution in [3.63, 3.8) is 0 Å². The summed E-state index contributed by atoms with van der Waals surface area (Å²) in [6.45, 7) is 3.62. The second-order valence-corrected chi connectivity index (χ2v) is 7.94. The average Bonchev–Trinajstić information content (AvgIpc) is 2.76. The second kappa shape index (κ2) is 11.0. The van der Waals surface area contributed by atoms with Crippen LogP contribution in [0.1, 0.15) is 58.1 Å². The van der Waals surface area contributed by atoms with E-state index in [1.165, 1.54) is 38.5 Å². The number of pyridine rings is 1. The number of anilines is 2. The van der Waals surface area contributed by atoms with Gasteiger partial charge in [-0.1, -0.05) is 38.5 Å². The van der Waals surface area contributed by atoms with Gasteiger partial charge in [0, 0.05) is 25.9 Å². The summed E-state index contributed by atoms with van der Waals surface area (Å²) in [5.74, 6) is 0.987. The molecule has 2 aromatic heterocycles. The molecule has 1 saturated carbocycles. The Morgan fingerprint density at radius 3 is 2.10 bits per heavy atom. The number of aromatic nitrogens is 3. The molecule has 2 aliphatic rings. The number of hydrogen-bond acceptors (Lipinski definition) is 7. The smallest absolute Gasteiger partial charge is 0.245 e. The Bertz CT molecular complexity index is 803. The van der Waals surface area contributed by atoms with Crippen LogP contribution in [-0.2, 0) is 10.4 Å². The zero-order valence-corrected chi connectivity index (χ0v) is 18.4. The van der Waals surface area contributed by atoms with Gasteiger partial charge < -0.3 is 20.4 Å². The van der Waals surface area contributed by atoms with Crippen LogP contribution >= 0.6 is 0 Å². The maximum Gasteiger partial charge on any atom is 0.245 e. The highest BCUT2D eigenvalue weighted by Crippen LogP contribution is 2.28. The molecule has 2 aromatic rings. The van der Waals surface area contributed by atoms with E-state index in [0.717, 1.165) is 12.7 Å². The third-order valence-corrected chi connectivity index (χ3v) is 4.94. The fourth-order valence-corrected chi connectivity index (χ4v) is 3.30. The van der Waals surface area contributed by atoms with E-state index in [1.54, 1.807) is 44.3 Å². The Labute approximate surface area is 178 Å². The highest BCUT2D eigenvalue weighted by molar-refractivity contribution is 5.99. The van der Waals surface area contributed by atoms with E-state index in [1.807, 2.05) is 6.07 Å². The quantitative estimate of drug-likeness (QED) is 0.691. The van der Waals surface area contributed by atoms with Crippen LogP contribution in [0.25, 0.3) is 11.3 Å². The zero-order chi connectivity index (χ0) is 22.1. The van der Waals surface area contributed by atoms with E-state index in [0.29, 0.717) is 23.0 Å². The summed E-state index contributed by atoms with van der Waals surface area (Å²) < 4.78 is 0. The number of fused-ring (bicyclic) bond motifs is 1. The lowest BCUT2D eigenvalue weighted by atomic mass is 10.0. The van der Waals surface area contributed by atoms with Crippen LogP contribution in [-0.4, -0.2) is 51.8 Å². The van der Waals surface area contributed by atoms with Gasteiger partial charge in [0.15, 0.2) is 11.6 Å². The van der Waals surface area contributed by atoms with Crippen molar-refractivity contribution in [2.24, 2.45) is 0 Å². The fraction of sp³-hybridized carbons (Fsp3) is 0.545. The minimum Gasteiger partial charge on any atom is -0.400 e. The molecule has 0 spiro atoms. The normalized spacial score (nSPS) is 15.7. The molecule has 0 bridgehead atoms. The van der Waals surface area contributed by atoms with Crippen LogP contribution in [0.4, 0.5) is 11.6 Å². The maximum absolute atomic E-state index is 11.5. The van der Waals surface area contributed by atoms with Gasteiger partial charge in [-0.2, -0.15) is 0 Å². The average molecular weight is 416 g/mol. The van der Waals surface area contributed by atoms with Crippen LogP contribution in [0.2, 0.25) is 0 Å². The van der Waals surface area contributed by atoms with Gasteiger partial charge in [0.2, 0.25) is 5.91 Å². The van der Waals surface area contributed by atoms with Gasteiger partial charge in [0.25, 0.3) is 0 Å². The van der Waals surface area contributed by atoms with Crippen molar-refractivity contribution >= 4 is 17.5 Å². The van der Waals surface area contributed by atoms with Gasteiger partial charge in [-0.25, -0.2) is 9.97 Å². The molecule has 164 valence electrons. The molecule has 0 radical (unpaired) electrons. The highest BCUT2D eigenvalue weighted by Gasteiger charge is 2.22. The fourth-order valence-electron chi connectivity index (χ4n) is 3.30. The molecular weight excluding hydrogens is 382 g/mol. The summed E-state index contributed by atoms with van der Waals surface area (Å²) in [5, 5.41) is 19.6. The van der Waals surface area contributed by atoms with Crippen LogP contribution in [0.15, 0.2) is 24.5 Å². The molecule has 1 fully saturated rings. The molecule has 0 saturated heterocycles. The second-order valence-electron chi connectivity index (χ2n) is 7.94. The van der Waals surface area contributed by atoms with Gasteiger partial charge in [0.05, 0.1) is 24.1 Å². The molecule has 3 N–H and O–H groups in total. The van der Waals surface area contributed by atoms with Gasteiger partial charge in [0.1, 0.15) is 5.60 Å². The van der Waals surface area contributed by atoms with E-state index in [9.17, 15) is 9.90 Å². The minimum absolute atomic E-state index is 0.103. The molecule has 3 heterocycles. The van der Waals surface area contributed by atoms with E-state index in [2.05, 4.69) is 20.3 Å². The molecule has 0 unspecified atom stereocenters. The molecule has 1 aliphatic carbocycles. The number of likely N-dealkylation sites (N-methyl/N-ethyl adjacent to an activating group) is 1. The zero-order valence-electron chi connectivity index (χ0n) is 18.4. The molecule has 30 heavy (non-hydrogen) atoms. The Morgan fingerprint density at radius 1 is 1.00 bits per heavy atom. The predicted octanol–water partition coefficient (Wildman–Crippen LogP) is 3.10. The topological polar surface area (TPSA) is 111 Å². The van der Waals surface area contributed by atoms with Crippen LogP contribution in [0, 0.1) is 0 Å². The molecule has 8 heteroatoms. The molecular formula is C22H33N5O3. The number of nitrogens with one attached hydrogen (secondary N) is 1. The first-order chi connectivity index (χ1) is 14.3. The largest absolute Gasteiger partial charge is 0.400 e. The van der Waals surface area contributed by atoms with Crippen molar-refractivity contribution in [1.29, 1.82) is 0 Å². The third kappa shape index (κ3) is 6.47. The Morgan fingerprint density at radius 2 is 1.60 bits per heavy atom. The minimum atomic E-state index is -0.982. The van der Waals surface area contributed by atoms with Crippen LogP contribution in [0.3, 0.4) is 0 Å². The van der Waals surface area contributed by atoms with Gasteiger partial charge in [-0.15, -0.1) is 0 Å². The summed E-state index contributed by atoms with van der Waals surface area (Å²) in [5.41, 5.74) is 1.07. The summed E-state index contributed by atoms with van der Waals surface area (Å²) >= 11 is 0. The lowest BCUT2D eigenvalue weighted by molar-refractivity contribution is -0.115. The number of aliphatic hydroxyl groups excluding tert-OH is 1. The lowest BCUT2D eigenvalue weighted by Gasteiger charge is -2.25. The molecule has 8 nitrogen and oxygen atoms in total. The number of nitrogens with zero attached hydrogens (tertiary/aromatic N) is 4. The lowest BCUT2D eigenvalue weighted by Crippen LogP contribution is -2.36. The first-order valence-corrected chi connectivity index (χ1v) is 10.4. The van der Waals surface area contributed by atoms with E-state index in [-0.39, 0.29) is 12.5 Å². The van der Waals surface area contributed by atoms with Crippen LogP contribution in [0.5, 0.6) is 0 Å². The Kier molecular flexibility index (Phi) is 8.68. The third-order valence-electron chi connectivity index (χ3n) is 4.94. The number of aliphatic hydroxyl groups is 2. The van der Waals surface area contributed by atoms with E-state index in [4.69, 9.17) is 5.11 Å². The monoisotopic (exact) mass is 415 g/mol. The van der Waals surface area contributed by atoms with E-state index < -0.39 is 5.60 Å². The van der Waals surface area contributed by atoms with Crippen molar-refractivity contribution in [2.75, 3.05) is 30.9 Å². The SMILES string of the molecule is C1CCCCC1.CN1CC(=O)Nc2ncc(-c3ccc(C(C)(C)O)nc3)nc21.CO. The number of hydrogen-bond donors (Lipinski definition) is 3. The number of carbonyl (C=O) groups excluding carboxylic acids is 1. The molecule has 1 amide bonds.